The molecule has 3 nitrogen and oxygen atoms in total. The number of hydrogen-bond acceptors (Lipinski definition) is 4. The Morgan fingerprint density at radius 1 is 1.27 bits per heavy atom. The third-order valence-electron chi connectivity index (χ3n) is 1.98. The molecule has 0 amide bonds. The van der Waals surface area contributed by atoms with Crippen molar-refractivity contribution in [2.75, 3.05) is 19.0 Å². The molecule has 90 valence electrons. The Labute approximate surface area is 98.2 Å². The summed E-state index contributed by atoms with van der Waals surface area (Å²) in [5, 5.41) is 0.186. The second-order valence-corrected chi connectivity index (χ2v) is 8.06. The van der Waals surface area contributed by atoms with Crippen LogP contribution in [0.1, 0.15) is 27.2 Å². The Morgan fingerprint density at radius 3 is 2.20 bits per heavy atom. The lowest BCUT2D eigenvalue weighted by Crippen LogP contribution is -2.38. The Bertz CT molecular complexity index is 182. The molecule has 0 rings (SSSR count). The molecule has 0 aliphatic rings. The Kier molecular flexibility index (Phi) is 8.41. The first-order valence-corrected chi connectivity index (χ1v) is 8.96. The van der Waals surface area contributed by atoms with Crippen molar-refractivity contribution in [1.29, 1.82) is 0 Å². The zero-order valence-electron chi connectivity index (χ0n) is 10.2. The van der Waals surface area contributed by atoms with Crippen LogP contribution < -0.4 is 0 Å². The van der Waals surface area contributed by atoms with Crippen LogP contribution in [0.5, 0.6) is 0 Å². The van der Waals surface area contributed by atoms with Crippen LogP contribution in [0.15, 0.2) is 0 Å². The normalized spacial score (nSPS) is 11.7. The van der Waals surface area contributed by atoms with Gasteiger partial charge in [0.15, 0.2) is 5.12 Å². The summed E-state index contributed by atoms with van der Waals surface area (Å²) in [5.74, 6) is 0.873. The molecule has 0 saturated heterocycles. The van der Waals surface area contributed by atoms with E-state index in [1.165, 1.54) is 11.8 Å². The predicted molar refractivity (Wildman–Crippen MR) is 67.4 cm³/mol. The molecule has 0 bridgehead atoms. The smallest absolute Gasteiger partial charge is 0.334 e. The molecule has 5 heteroatoms. The summed E-state index contributed by atoms with van der Waals surface area (Å²) in [7, 11) is -1.95. The van der Waals surface area contributed by atoms with E-state index >= 15 is 0 Å². The van der Waals surface area contributed by atoms with Gasteiger partial charge >= 0.3 is 8.56 Å². The van der Waals surface area contributed by atoms with E-state index in [1.807, 2.05) is 13.8 Å². The van der Waals surface area contributed by atoms with Crippen molar-refractivity contribution in [3.05, 3.63) is 0 Å². The molecule has 0 radical (unpaired) electrons. The minimum Gasteiger partial charge on any atom is -0.395 e. The van der Waals surface area contributed by atoms with E-state index in [1.54, 1.807) is 6.92 Å². The molecule has 0 spiro atoms. The second kappa shape index (κ2) is 8.33. The first-order chi connectivity index (χ1) is 7.04. The lowest BCUT2D eigenvalue weighted by atomic mass is 10.6. The molecule has 0 N–H and O–H groups in total. The summed E-state index contributed by atoms with van der Waals surface area (Å²) in [6.45, 7) is 9.11. The summed E-state index contributed by atoms with van der Waals surface area (Å²) in [4.78, 5) is 10.7. The summed E-state index contributed by atoms with van der Waals surface area (Å²) in [6, 6.07) is 0.967. The van der Waals surface area contributed by atoms with Crippen LogP contribution in [0.3, 0.4) is 0 Å². The molecular formula is C10H22O3SSi. The van der Waals surface area contributed by atoms with Crippen LogP contribution in [0.25, 0.3) is 0 Å². The maximum absolute atomic E-state index is 10.7. The zero-order valence-corrected chi connectivity index (χ0v) is 12.0. The van der Waals surface area contributed by atoms with Crippen molar-refractivity contribution in [1.82, 2.24) is 0 Å². The largest absolute Gasteiger partial charge is 0.395 e. The minimum atomic E-state index is -1.95. The van der Waals surface area contributed by atoms with Crippen molar-refractivity contribution in [2.45, 2.75) is 39.8 Å². The van der Waals surface area contributed by atoms with E-state index < -0.39 is 8.56 Å². The average molecular weight is 250 g/mol. The van der Waals surface area contributed by atoms with E-state index in [2.05, 4.69) is 6.55 Å². The maximum Gasteiger partial charge on any atom is 0.334 e. The van der Waals surface area contributed by atoms with Gasteiger partial charge in [0, 0.05) is 25.9 Å². The topological polar surface area (TPSA) is 35.5 Å². The molecule has 0 aromatic heterocycles. The first kappa shape index (κ1) is 15.2. The van der Waals surface area contributed by atoms with E-state index in [-0.39, 0.29) is 5.12 Å². The third-order valence-corrected chi connectivity index (χ3v) is 5.94. The first-order valence-electron chi connectivity index (χ1n) is 5.45. The van der Waals surface area contributed by atoms with Crippen LogP contribution >= 0.6 is 11.8 Å². The van der Waals surface area contributed by atoms with Gasteiger partial charge in [-0.05, 0) is 32.9 Å². The molecule has 0 aliphatic carbocycles. The van der Waals surface area contributed by atoms with Crippen molar-refractivity contribution >= 4 is 25.4 Å². The Hall–Kier alpha value is 0.157. The zero-order chi connectivity index (χ0) is 11.7. The van der Waals surface area contributed by atoms with E-state index in [4.69, 9.17) is 8.85 Å². The second-order valence-electron chi connectivity index (χ2n) is 3.44. The fraction of sp³-hybridized carbons (Fsp3) is 0.900. The maximum atomic E-state index is 10.7. The number of carbonyl (C=O) groups is 1. The highest BCUT2D eigenvalue weighted by atomic mass is 32.2. The lowest BCUT2D eigenvalue weighted by Gasteiger charge is -2.25. The third kappa shape index (κ3) is 8.01. The average Bonchev–Trinajstić information content (AvgIpc) is 2.13. The van der Waals surface area contributed by atoms with Gasteiger partial charge < -0.3 is 8.85 Å². The number of hydrogen-bond donors (Lipinski definition) is 0. The van der Waals surface area contributed by atoms with Gasteiger partial charge in [0.25, 0.3) is 0 Å². The number of thioether (sulfide) groups is 1. The molecule has 0 heterocycles. The molecule has 15 heavy (non-hydrogen) atoms. The molecule has 0 aromatic carbocycles. The van der Waals surface area contributed by atoms with Gasteiger partial charge in [0.05, 0.1) is 0 Å². The Balaban J connectivity index is 3.79. The molecular weight excluding hydrogens is 228 g/mol. The molecule has 0 aromatic rings. The van der Waals surface area contributed by atoms with Crippen LogP contribution in [0.2, 0.25) is 12.6 Å². The number of carbonyl (C=O) groups excluding carboxylic acids is 1. The fourth-order valence-electron chi connectivity index (χ4n) is 1.41. The summed E-state index contributed by atoms with van der Waals surface area (Å²) in [5.41, 5.74) is 0. The molecule has 0 unspecified atom stereocenters. The summed E-state index contributed by atoms with van der Waals surface area (Å²) >= 11 is 1.38. The van der Waals surface area contributed by atoms with Crippen molar-refractivity contribution in [3.63, 3.8) is 0 Å². The van der Waals surface area contributed by atoms with Gasteiger partial charge in [-0.3, -0.25) is 4.79 Å². The minimum absolute atomic E-state index is 0.186. The van der Waals surface area contributed by atoms with Crippen LogP contribution in [0.4, 0.5) is 0 Å². The van der Waals surface area contributed by atoms with Crippen molar-refractivity contribution in [2.24, 2.45) is 0 Å². The molecule has 0 atom stereocenters. The van der Waals surface area contributed by atoms with Gasteiger partial charge in [-0.1, -0.05) is 11.8 Å². The van der Waals surface area contributed by atoms with Crippen LogP contribution in [-0.4, -0.2) is 32.6 Å². The predicted octanol–water partition coefficient (Wildman–Crippen LogP) is 2.80. The van der Waals surface area contributed by atoms with Gasteiger partial charge in [-0.15, -0.1) is 0 Å². The quantitative estimate of drug-likeness (QED) is 0.490. The van der Waals surface area contributed by atoms with E-state index in [9.17, 15) is 4.79 Å². The Morgan fingerprint density at radius 2 is 1.80 bits per heavy atom. The highest BCUT2D eigenvalue weighted by molar-refractivity contribution is 8.13. The van der Waals surface area contributed by atoms with Gasteiger partial charge in [0.2, 0.25) is 0 Å². The highest BCUT2D eigenvalue weighted by Crippen LogP contribution is 2.18. The fourth-order valence-corrected chi connectivity index (χ4v) is 4.65. The molecule has 0 saturated carbocycles. The van der Waals surface area contributed by atoms with E-state index in [0.717, 1.165) is 18.2 Å². The highest BCUT2D eigenvalue weighted by Gasteiger charge is 2.29. The SMILES string of the molecule is CCO[Si](C)(CCCSC(C)=O)OCC. The van der Waals surface area contributed by atoms with Crippen LogP contribution in [-0.2, 0) is 13.6 Å². The standard InChI is InChI=1S/C10H22O3SSi/c1-5-12-15(4,13-6-2)9-7-8-14-10(3)11/h5-9H2,1-4H3. The van der Waals surface area contributed by atoms with Crippen molar-refractivity contribution in [3.8, 4) is 0 Å². The van der Waals surface area contributed by atoms with Crippen molar-refractivity contribution < 1.29 is 13.6 Å². The summed E-state index contributed by atoms with van der Waals surface area (Å²) < 4.78 is 11.4. The van der Waals surface area contributed by atoms with E-state index in [0.29, 0.717) is 13.2 Å². The molecule has 0 aliphatic heterocycles. The monoisotopic (exact) mass is 250 g/mol. The summed E-state index contributed by atoms with van der Waals surface area (Å²) in [6.07, 6.45) is 0.993. The lowest BCUT2D eigenvalue weighted by molar-refractivity contribution is -0.109. The molecule has 0 fully saturated rings. The van der Waals surface area contributed by atoms with Crippen LogP contribution in [0, 0.1) is 0 Å². The van der Waals surface area contributed by atoms with Gasteiger partial charge in [-0.2, -0.15) is 0 Å². The van der Waals surface area contributed by atoms with Gasteiger partial charge in [-0.25, -0.2) is 0 Å². The van der Waals surface area contributed by atoms with Gasteiger partial charge in [0.1, 0.15) is 0 Å². The number of rotatable bonds is 8.